The molecule has 0 amide bonds. The zero-order valence-corrected chi connectivity index (χ0v) is 11.7. The standard InChI is InChI=1S/C14H19Cl2N/c1-10-5-2-3-8-13(10)17-9-11-6-4-7-12(15)14(11)16/h4,6-7,10,13,17H,2-3,5,8-9H2,1H3. The minimum Gasteiger partial charge on any atom is -0.310 e. The molecule has 2 atom stereocenters. The van der Waals surface area contributed by atoms with Crippen molar-refractivity contribution in [3.63, 3.8) is 0 Å². The molecule has 3 heteroatoms. The summed E-state index contributed by atoms with van der Waals surface area (Å²) in [5, 5.41) is 4.94. The van der Waals surface area contributed by atoms with Gasteiger partial charge >= 0.3 is 0 Å². The summed E-state index contributed by atoms with van der Waals surface area (Å²) in [7, 11) is 0. The number of hydrogen-bond donors (Lipinski definition) is 1. The van der Waals surface area contributed by atoms with E-state index in [2.05, 4.69) is 12.2 Å². The second-order valence-electron chi connectivity index (χ2n) is 4.96. The second-order valence-corrected chi connectivity index (χ2v) is 5.75. The highest BCUT2D eigenvalue weighted by molar-refractivity contribution is 6.42. The smallest absolute Gasteiger partial charge is 0.0637 e. The predicted octanol–water partition coefficient (Wildman–Crippen LogP) is 4.66. The van der Waals surface area contributed by atoms with Gasteiger partial charge in [0.2, 0.25) is 0 Å². The van der Waals surface area contributed by atoms with Crippen LogP contribution in [0, 0.1) is 5.92 Å². The van der Waals surface area contributed by atoms with E-state index in [1.807, 2.05) is 18.2 Å². The van der Waals surface area contributed by atoms with Crippen LogP contribution in [0.1, 0.15) is 38.2 Å². The minimum absolute atomic E-state index is 0.624. The first kappa shape index (κ1) is 13.2. The fraction of sp³-hybridized carbons (Fsp3) is 0.571. The van der Waals surface area contributed by atoms with Crippen LogP contribution in [0.5, 0.6) is 0 Å². The Balaban J connectivity index is 1.95. The van der Waals surface area contributed by atoms with Crippen molar-refractivity contribution >= 4 is 23.2 Å². The van der Waals surface area contributed by atoms with Gasteiger partial charge in [-0.15, -0.1) is 0 Å². The topological polar surface area (TPSA) is 12.0 Å². The highest BCUT2D eigenvalue weighted by atomic mass is 35.5. The summed E-state index contributed by atoms with van der Waals surface area (Å²) in [6, 6.07) is 6.44. The molecule has 1 aromatic rings. The van der Waals surface area contributed by atoms with Gasteiger partial charge in [-0.25, -0.2) is 0 Å². The summed E-state index contributed by atoms with van der Waals surface area (Å²) in [6.07, 6.45) is 5.32. The number of rotatable bonds is 3. The van der Waals surface area contributed by atoms with E-state index in [9.17, 15) is 0 Å². The largest absolute Gasteiger partial charge is 0.310 e. The number of halogens is 2. The van der Waals surface area contributed by atoms with Gasteiger partial charge in [-0.1, -0.05) is 55.1 Å². The molecule has 0 spiro atoms. The normalized spacial score (nSPS) is 24.9. The molecule has 1 saturated carbocycles. The predicted molar refractivity (Wildman–Crippen MR) is 74.7 cm³/mol. The fourth-order valence-electron chi connectivity index (χ4n) is 2.55. The molecule has 0 radical (unpaired) electrons. The molecule has 1 aromatic carbocycles. The maximum absolute atomic E-state index is 6.18. The molecule has 0 aliphatic heterocycles. The molecule has 2 unspecified atom stereocenters. The third kappa shape index (κ3) is 3.37. The van der Waals surface area contributed by atoms with E-state index in [0.29, 0.717) is 16.1 Å². The lowest BCUT2D eigenvalue weighted by molar-refractivity contribution is 0.279. The molecule has 94 valence electrons. The van der Waals surface area contributed by atoms with E-state index in [4.69, 9.17) is 23.2 Å². The molecule has 1 aliphatic rings. The number of benzene rings is 1. The van der Waals surface area contributed by atoms with Crippen molar-refractivity contribution in [3.05, 3.63) is 33.8 Å². The second kappa shape index (κ2) is 6.08. The lowest BCUT2D eigenvalue weighted by atomic mass is 9.86. The molecule has 0 aromatic heterocycles. The number of hydrogen-bond acceptors (Lipinski definition) is 1. The SMILES string of the molecule is CC1CCCCC1NCc1cccc(Cl)c1Cl. The van der Waals surface area contributed by atoms with Gasteiger partial charge in [0.15, 0.2) is 0 Å². The molecular weight excluding hydrogens is 253 g/mol. The monoisotopic (exact) mass is 271 g/mol. The van der Waals surface area contributed by atoms with Crippen molar-refractivity contribution in [3.8, 4) is 0 Å². The molecule has 1 fully saturated rings. The van der Waals surface area contributed by atoms with Crippen LogP contribution in [0.2, 0.25) is 10.0 Å². The lowest BCUT2D eigenvalue weighted by Gasteiger charge is -2.29. The van der Waals surface area contributed by atoms with Crippen molar-refractivity contribution in [1.29, 1.82) is 0 Å². The molecule has 1 aliphatic carbocycles. The van der Waals surface area contributed by atoms with Crippen LogP contribution in [-0.4, -0.2) is 6.04 Å². The van der Waals surface area contributed by atoms with Gasteiger partial charge in [-0.2, -0.15) is 0 Å². The van der Waals surface area contributed by atoms with Crippen LogP contribution >= 0.6 is 23.2 Å². The first-order valence-corrected chi connectivity index (χ1v) is 7.10. The van der Waals surface area contributed by atoms with Crippen LogP contribution in [0.4, 0.5) is 0 Å². The summed E-state index contributed by atoms with van der Waals surface area (Å²) in [5.41, 5.74) is 1.09. The van der Waals surface area contributed by atoms with E-state index in [0.717, 1.165) is 18.0 Å². The van der Waals surface area contributed by atoms with E-state index in [1.165, 1.54) is 25.7 Å². The van der Waals surface area contributed by atoms with Gasteiger partial charge in [-0.05, 0) is 30.4 Å². The first-order chi connectivity index (χ1) is 8.18. The highest BCUT2D eigenvalue weighted by Crippen LogP contribution is 2.27. The van der Waals surface area contributed by atoms with Crippen LogP contribution in [0.3, 0.4) is 0 Å². The van der Waals surface area contributed by atoms with E-state index in [1.54, 1.807) is 0 Å². The summed E-state index contributed by atoms with van der Waals surface area (Å²) in [4.78, 5) is 0. The van der Waals surface area contributed by atoms with E-state index < -0.39 is 0 Å². The molecule has 2 rings (SSSR count). The van der Waals surface area contributed by atoms with Gasteiger partial charge in [0.1, 0.15) is 0 Å². The van der Waals surface area contributed by atoms with Gasteiger partial charge in [0.05, 0.1) is 10.0 Å². The first-order valence-electron chi connectivity index (χ1n) is 6.34. The van der Waals surface area contributed by atoms with E-state index >= 15 is 0 Å². The maximum atomic E-state index is 6.18. The van der Waals surface area contributed by atoms with Gasteiger partial charge in [0.25, 0.3) is 0 Å². The average Bonchev–Trinajstić information content (AvgIpc) is 2.33. The van der Waals surface area contributed by atoms with Crippen molar-refractivity contribution in [1.82, 2.24) is 5.32 Å². The zero-order chi connectivity index (χ0) is 12.3. The van der Waals surface area contributed by atoms with Crippen LogP contribution < -0.4 is 5.32 Å². The van der Waals surface area contributed by atoms with Gasteiger partial charge < -0.3 is 5.32 Å². The lowest BCUT2D eigenvalue weighted by Crippen LogP contribution is -2.36. The van der Waals surface area contributed by atoms with Crippen LogP contribution in [0.15, 0.2) is 18.2 Å². The molecule has 1 N–H and O–H groups in total. The van der Waals surface area contributed by atoms with Crippen LogP contribution in [-0.2, 0) is 6.54 Å². The Kier molecular flexibility index (Phi) is 4.72. The fourth-order valence-corrected chi connectivity index (χ4v) is 2.93. The van der Waals surface area contributed by atoms with Crippen molar-refractivity contribution < 1.29 is 0 Å². The Morgan fingerprint density at radius 1 is 1.24 bits per heavy atom. The summed E-state index contributed by atoms with van der Waals surface area (Å²) in [5.74, 6) is 0.765. The van der Waals surface area contributed by atoms with E-state index in [-0.39, 0.29) is 0 Å². The summed E-state index contributed by atoms with van der Waals surface area (Å²) < 4.78 is 0. The van der Waals surface area contributed by atoms with Crippen LogP contribution in [0.25, 0.3) is 0 Å². The summed E-state index contributed by atoms with van der Waals surface area (Å²) >= 11 is 12.2. The Morgan fingerprint density at radius 3 is 2.76 bits per heavy atom. The molecule has 0 heterocycles. The third-order valence-corrected chi connectivity index (χ3v) is 4.56. The van der Waals surface area contributed by atoms with Gasteiger partial charge in [0, 0.05) is 12.6 Å². The Hall–Kier alpha value is -0.240. The maximum Gasteiger partial charge on any atom is 0.0637 e. The summed E-state index contributed by atoms with van der Waals surface area (Å²) in [6.45, 7) is 3.14. The Morgan fingerprint density at radius 2 is 2.00 bits per heavy atom. The highest BCUT2D eigenvalue weighted by Gasteiger charge is 2.20. The van der Waals surface area contributed by atoms with Crippen molar-refractivity contribution in [2.24, 2.45) is 5.92 Å². The number of nitrogens with one attached hydrogen (secondary N) is 1. The van der Waals surface area contributed by atoms with Gasteiger partial charge in [-0.3, -0.25) is 0 Å². The molecule has 1 nitrogen and oxygen atoms in total. The Labute approximate surface area is 114 Å². The minimum atomic E-state index is 0.624. The Bertz CT molecular complexity index is 378. The average molecular weight is 272 g/mol. The quantitative estimate of drug-likeness (QED) is 0.843. The van der Waals surface area contributed by atoms with Crippen molar-refractivity contribution in [2.45, 2.75) is 45.2 Å². The molecule has 17 heavy (non-hydrogen) atoms. The third-order valence-electron chi connectivity index (χ3n) is 3.70. The molecule has 0 saturated heterocycles. The zero-order valence-electron chi connectivity index (χ0n) is 10.2. The molecular formula is C14H19Cl2N. The molecule has 0 bridgehead atoms. The van der Waals surface area contributed by atoms with Crippen molar-refractivity contribution in [2.75, 3.05) is 0 Å².